The Morgan fingerprint density at radius 1 is 1.31 bits per heavy atom. The molecule has 2 nitrogen and oxygen atoms in total. The Bertz CT molecular complexity index is 230. The number of hydrogen-bond acceptors (Lipinski definition) is 2. The molecule has 0 bridgehead atoms. The summed E-state index contributed by atoms with van der Waals surface area (Å²) in [5, 5.41) is -0.250. The average molecular weight is 249 g/mol. The van der Waals surface area contributed by atoms with Gasteiger partial charge in [0.2, 0.25) is 0 Å². The maximum Gasteiger partial charge on any atom is 0.191 e. The van der Waals surface area contributed by atoms with Crippen LogP contribution in [0, 0.1) is 0 Å². The molecule has 0 heterocycles. The van der Waals surface area contributed by atoms with Gasteiger partial charge in [-0.15, -0.1) is 0 Å². The third-order valence-corrected chi connectivity index (χ3v) is 2.23. The highest BCUT2D eigenvalue weighted by Crippen LogP contribution is 2.23. The van der Waals surface area contributed by atoms with Crippen molar-refractivity contribution in [1.82, 2.24) is 0 Å². The Morgan fingerprint density at radius 2 is 2.00 bits per heavy atom. The summed E-state index contributed by atoms with van der Waals surface area (Å²) in [6.45, 7) is -0.879. The largest absolute Gasteiger partial charge is 0.336 e. The van der Waals surface area contributed by atoms with Gasteiger partial charge in [0.05, 0.1) is 0 Å². The zero-order valence-electron chi connectivity index (χ0n) is 6.95. The highest BCUT2D eigenvalue weighted by atomic mass is 79.9. The predicted octanol–water partition coefficient (Wildman–Crippen LogP) is 3.00. The lowest BCUT2D eigenvalue weighted by atomic mass is 10.2. The van der Waals surface area contributed by atoms with Crippen molar-refractivity contribution in [3.8, 4) is 0 Å². The van der Waals surface area contributed by atoms with E-state index in [9.17, 15) is 4.39 Å². The van der Waals surface area contributed by atoms with Crippen LogP contribution in [0.1, 0.15) is 10.6 Å². The first-order valence-corrected chi connectivity index (χ1v) is 4.70. The SMILES string of the molecule is FCOCOC(Br)c1ccccc1. The molecule has 1 aromatic carbocycles. The molecule has 13 heavy (non-hydrogen) atoms. The van der Waals surface area contributed by atoms with Crippen LogP contribution in [0.5, 0.6) is 0 Å². The number of benzene rings is 1. The van der Waals surface area contributed by atoms with Gasteiger partial charge in [0, 0.05) is 0 Å². The molecule has 0 radical (unpaired) electrons. The van der Waals surface area contributed by atoms with Crippen LogP contribution in [0.3, 0.4) is 0 Å². The number of alkyl halides is 2. The fourth-order valence-corrected chi connectivity index (χ4v) is 1.25. The molecule has 1 atom stereocenters. The first kappa shape index (κ1) is 10.6. The fourth-order valence-electron chi connectivity index (χ4n) is 0.840. The molecular weight excluding hydrogens is 239 g/mol. The Hall–Kier alpha value is -0.450. The molecule has 1 aromatic rings. The van der Waals surface area contributed by atoms with E-state index in [0.717, 1.165) is 5.56 Å². The molecule has 0 aromatic heterocycles. The lowest BCUT2D eigenvalue weighted by Gasteiger charge is -2.10. The van der Waals surface area contributed by atoms with E-state index in [-0.39, 0.29) is 11.8 Å². The molecule has 0 fully saturated rings. The van der Waals surface area contributed by atoms with E-state index < -0.39 is 6.86 Å². The second-order valence-corrected chi connectivity index (χ2v) is 3.16. The summed E-state index contributed by atoms with van der Waals surface area (Å²) in [4.78, 5) is 0. The lowest BCUT2D eigenvalue weighted by molar-refractivity contribution is -0.0897. The number of ether oxygens (including phenoxy) is 2. The summed E-state index contributed by atoms with van der Waals surface area (Å²) in [5.74, 6) is 0. The lowest BCUT2D eigenvalue weighted by Crippen LogP contribution is -2.01. The molecule has 0 saturated carbocycles. The molecule has 0 saturated heterocycles. The van der Waals surface area contributed by atoms with Crippen LogP contribution >= 0.6 is 15.9 Å². The van der Waals surface area contributed by atoms with Crippen molar-refractivity contribution in [2.24, 2.45) is 0 Å². The summed E-state index contributed by atoms with van der Waals surface area (Å²) in [6.07, 6.45) is 0. The fraction of sp³-hybridized carbons (Fsp3) is 0.333. The molecule has 0 amide bonds. The van der Waals surface area contributed by atoms with Gasteiger partial charge in [0.15, 0.2) is 13.7 Å². The van der Waals surface area contributed by atoms with Gasteiger partial charge in [0.1, 0.15) is 5.01 Å². The zero-order valence-corrected chi connectivity index (χ0v) is 8.54. The Kier molecular flexibility index (Phi) is 4.97. The van der Waals surface area contributed by atoms with Crippen LogP contribution in [0.25, 0.3) is 0 Å². The topological polar surface area (TPSA) is 18.5 Å². The standard InChI is InChI=1S/C9H10BrFO2/c10-9(13-7-12-6-11)8-4-2-1-3-5-8/h1-5,9H,6-7H2. The van der Waals surface area contributed by atoms with Gasteiger partial charge in [-0.1, -0.05) is 46.3 Å². The number of hydrogen-bond donors (Lipinski definition) is 0. The van der Waals surface area contributed by atoms with E-state index in [1.165, 1.54) is 0 Å². The van der Waals surface area contributed by atoms with E-state index >= 15 is 0 Å². The molecule has 4 heteroatoms. The molecule has 0 aliphatic rings. The third-order valence-electron chi connectivity index (χ3n) is 1.44. The van der Waals surface area contributed by atoms with Gasteiger partial charge in [-0.3, -0.25) is 0 Å². The van der Waals surface area contributed by atoms with Gasteiger partial charge in [-0.25, -0.2) is 4.39 Å². The van der Waals surface area contributed by atoms with Crippen LogP contribution in [-0.4, -0.2) is 13.7 Å². The normalized spacial score (nSPS) is 12.8. The maximum atomic E-state index is 11.5. The third kappa shape index (κ3) is 3.85. The van der Waals surface area contributed by atoms with Crippen molar-refractivity contribution >= 4 is 15.9 Å². The monoisotopic (exact) mass is 248 g/mol. The molecular formula is C9H10BrFO2. The van der Waals surface area contributed by atoms with Gasteiger partial charge in [0.25, 0.3) is 0 Å². The number of halogens is 2. The van der Waals surface area contributed by atoms with Crippen LogP contribution in [-0.2, 0) is 9.47 Å². The summed E-state index contributed by atoms with van der Waals surface area (Å²) in [5.41, 5.74) is 0.977. The van der Waals surface area contributed by atoms with Crippen molar-refractivity contribution in [1.29, 1.82) is 0 Å². The molecule has 0 aliphatic heterocycles. The Morgan fingerprint density at radius 3 is 2.62 bits per heavy atom. The smallest absolute Gasteiger partial charge is 0.191 e. The Balaban J connectivity index is 2.35. The van der Waals surface area contributed by atoms with Gasteiger partial charge in [-0.05, 0) is 5.56 Å². The van der Waals surface area contributed by atoms with Gasteiger partial charge in [-0.2, -0.15) is 0 Å². The van der Waals surface area contributed by atoms with Crippen LogP contribution in [0.15, 0.2) is 30.3 Å². The van der Waals surface area contributed by atoms with Crippen molar-refractivity contribution in [2.75, 3.05) is 13.7 Å². The van der Waals surface area contributed by atoms with Crippen LogP contribution < -0.4 is 0 Å². The average Bonchev–Trinajstić information content (AvgIpc) is 2.19. The number of rotatable bonds is 5. The molecule has 1 rings (SSSR count). The molecule has 1 unspecified atom stereocenters. The van der Waals surface area contributed by atoms with Crippen LogP contribution in [0.4, 0.5) is 4.39 Å². The molecule has 0 spiro atoms. The van der Waals surface area contributed by atoms with Gasteiger partial charge >= 0.3 is 0 Å². The summed E-state index contributed by atoms with van der Waals surface area (Å²) in [7, 11) is 0. The second-order valence-electron chi connectivity index (χ2n) is 2.32. The van der Waals surface area contributed by atoms with Crippen molar-refractivity contribution in [3.63, 3.8) is 0 Å². The van der Waals surface area contributed by atoms with E-state index in [4.69, 9.17) is 4.74 Å². The summed E-state index contributed by atoms with van der Waals surface area (Å²) in [6, 6.07) is 9.55. The minimum atomic E-state index is -0.825. The molecule has 72 valence electrons. The highest BCUT2D eigenvalue weighted by molar-refractivity contribution is 9.09. The summed E-state index contributed by atoms with van der Waals surface area (Å²) >= 11 is 3.29. The highest BCUT2D eigenvalue weighted by Gasteiger charge is 2.05. The first-order valence-electron chi connectivity index (χ1n) is 3.79. The molecule has 0 N–H and O–H groups in total. The van der Waals surface area contributed by atoms with Crippen molar-refractivity contribution in [3.05, 3.63) is 35.9 Å². The second kappa shape index (κ2) is 6.07. The van der Waals surface area contributed by atoms with E-state index in [1.807, 2.05) is 30.3 Å². The Labute approximate surface area is 84.8 Å². The van der Waals surface area contributed by atoms with Crippen molar-refractivity contribution in [2.45, 2.75) is 5.01 Å². The summed E-state index contributed by atoms with van der Waals surface area (Å²) < 4.78 is 21.1. The van der Waals surface area contributed by atoms with Gasteiger partial charge < -0.3 is 9.47 Å². The first-order chi connectivity index (χ1) is 6.34. The maximum absolute atomic E-state index is 11.5. The quantitative estimate of drug-likeness (QED) is 0.453. The van der Waals surface area contributed by atoms with Crippen LogP contribution in [0.2, 0.25) is 0 Å². The van der Waals surface area contributed by atoms with E-state index in [2.05, 4.69) is 20.7 Å². The predicted molar refractivity (Wildman–Crippen MR) is 51.1 cm³/mol. The van der Waals surface area contributed by atoms with E-state index in [1.54, 1.807) is 0 Å². The zero-order chi connectivity index (χ0) is 9.52. The minimum absolute atomic E-state index is 0.0543. The van der Waals surface area contributed by atoms with Crippen molar-refractivity contribution < 1.29 is 13.9 Å². The molecule has 0 aliphatic carbocycles. The van der Waals surface area contributed by atoms with E-state index in [0.29, 0.717) is 0 Å². The minimum Gasteiger partial charge on any atom is -0.336 e.